The number of carbonyl (C=O) groups is 1. The summed E-state index contributed by atoms with van der Waals surface area (Å²) in [6.45, 7) is 4.09. The van der Waals surface area contributed by atoms with Crippen molar-refractivity contribution in [1.29, 1.82) is 0 Å². The van der Waals surface area contributed by atoms with E-state index in [0.29, 0.717) is 25.1 Å². The highest BCUT2D eigenvalue weighted by atomic mass is 32.2. The molecule has 0 aliphatic heterocycles. The molecule has 3 N–H and O–H groups in total. The van der Waals surface area contributed by atoms with E-state index in [0.717, 1.165) is 6.42 Å². The Morgan fingerprint density at radius 1 is 1.29 bits per heavy atom. The first-order valence-corrected chi connectivity index (χ1v) is 10.3. The summed E-state index contributed by atoms with van der Waals surface area (Å²) in [7, 11) is -3.41. The zero-order chi connectivity index (χ0) is 16.3. The van der Waals surface area contributed by atoms with Crippen LogP contribution < -0.4 is 10.0 Å². The van der Waals surface area contributed by atoms with Gasteiger partial charge in [-0.15, -0.1) is 0 Å². The van der Waals surface area contributed by atoms with Crippen LogP contribution in [-0.2, 0) is 14.8 Å². The van der Waals surface area contributed by atoms with Gasteiger partial charge in [-0.3, -0.25) is 4.79 Å². The van der Waals surface area contributed by atoms with Gasteiger partial charge >= 0.3 is 0 Å². The van der Waals surface area contributed by atoms with E-state index < -0.39 is 16.1 Å². The molecule has 0 aromatic rings. The second-order valence-electron chi connectivity index (χ2n) is 4.89. The topological polar surface area (TPSA) is 95.5 Å². The monoisotopic (exact) mass is 340 g/mol. The SMILES string of the molecule is CCC(CCO)CNC(=O)C(CCSC)NS(=O)(=O)CC. The fourth-order valence-electron chi connectivity index (χ4n) is 1.78. The molecular weight excluding hydrogens is 312 g/mol. The second kappa shape index (κ2) is 11.3. The third kappa shape index (κ3) is 9.34. The van der Waals surface area contributed by atoms with Crippen molar-refractivity contribution in [2.75, 3.05) is 30.9 Å². The molecule has 0 saturated carbocycles. The lowest BCUT2D eigenvalue weighted by Gasteiger charge is -2.20. The van der Waals surface area contributed by atoms with Crippen molar-refractivity contribution in [1.82, 2.24) is 10.0 Å². The molecule has 0 radical (unpaired) electrons. The van der Waals surface area contributed by atoms with Crippen molar-refractivity contribution >= 4 is 27.7 Å². The Bertz CT molecular complexity index is 388. The van der Waals surface area contributed by atoms with Gasteiger partial charge in [0, 0.05) is 13.2 Å². The summed E-state index contributed by atoms with van der Waals surface area (Å²) in [6, 6.07) is -0.728. The van der Waals surface area contributed by atoms with Gasteiger partial charge in [0.05, 0.1) is 5.75 Å². The molecule has 0 aliphatic rings. The van der Waals surface area contributed by atoms with Gasteiger partial charge in [0.15, 0.2) is 0 Å². The average molecular weight is 341 g/mol. The van der Waals surface area contributed by atoms with E-state index in [1.54, 1.807) is 18.7 Å². The molecule has 2 atom stereocenters. The predicted molar refractivity (Wildman–Crippen MR) is 87.9 cm³/mol. The zero-order valence-corrected chi connectivity index (χ0v) is 14.7. The van der Waals surface area contributed by atoms with E-state index >= 15 is 0 Å². The van der Waals surface area contributed by atoms with Crippen LogP contribution in [0.5, 0.6) is 0 Å². The smallest absolute Gasteiger partial charge is 0.238 e. The van der Waals surface area contributed by atoms with Gasteiger partial charge in [0.1, 0.15) is 6.04 Å². The van der Waals surface area contributed by atoms with Crippen LogP contribution in [-0.4, -0.2) is 56.4 Å². The Morgan fingerprint density at radius 3 is 2.43 bits per heavy atom. The van der Waals surface area contributed by atoms with E-state index in [1.807, 2.05) is 13.2 Å². The highest BCUT2D eigenvalue weighted by Gasteiger charge is 2.23. The van der Waals surface area contributed by atoms with Gasteiger partial charge < -0.3 is 10.4 Å². The van der Waals surface area contributed by atoms with Crippen LogP contribution in [0.15, 0.2) is 0 Å². The minimum atomic E-state index is -3.41. The maximum absolute atomic E-state index is 12.2. The molecule has 0 rings (SSSR count). The third-order valence-electron chi connectivity index (χ3n) is 3.31. The first kappa shape index (κ1) is 20.7. The molecule has 0 heterocycles. The van der Waals surface area contributed by atoms with E-state index in [4.69, 9.17) is 5.11 Å². The van der Waals surface area contributed by atoms with Gasteiger partial charge in [-0.05, 0) is 37.7 Å². The summed E-state index contributed by atoms with van der Waals surface area (Å²) in [6.07, 6.45) is 3.87. The van der Waals surface area contributed by atoms with Gasteiger partial charge in [0.25, 0.3) is 0 Å². The number of carbonyl (C=O) groups excluding carboxylic acids is 1. The maximum Gasteiger partial charge on any atom is 0.238 e. The highest BCUT2D eigenvalue weighted by Crippen LogP contribution is 2.07. The van der Waals surface area contributed by atoms with Crippen molar-refractivity contribution in [2.45, 2.75) is 39.2 Å². The van der Waals surface area contributed by atoms with E-state index in [-0.39, 0.29) is 24.2 Å². The van der Waals surface area contributed by atoms with Crippen LogP contribution in [0.3, 0.4) is 0 Å². The standard InChI is InChI=1S/C13H28N2O4S2/c1-4-11(6-8-16)10-14-13(17)12(7-9-20-3)15-21(18,19)5-2/h11-12,15-16H,4-10H2,1-3H3,(H,14,17). The number of rotatable bonds is 12. The fraction of sp³-hybridized carbons (Fsp3) is 0.923. The molecule has 8 heteroatoms. The Morgan fingerprint density at radius 2 is 1.95 bits per heavy atom. The fourth-order valence-corrected chi connectivity index (χ4v) is 3.08. The Balaban J connectivity index is 4.57. The lowest BCUT2D eigenvalue weighted by atomic mass is 10.0. The Hall–Kier alpha value is -0.310. The van der Waals surface area contributed by atoms with Gasteiger partial charge in [-0.25, -0.2) is 13.1 Å². The third-order valence-corrected chi connectivity index (χ3v) is 5.36. The van der Waals surface area contributed by atoms with Crippen molar-refractivity contribution in [3.8, 4) is 0 Å². The van der Waals surface area contributed by atoms with Crippen molar-refractivity contribution in [3.63, 3.8) is 0 Å². The molecule has 21 heavy (non-hydrogen) atoms. The Kier molecular flexibility index (Phi) is 11.1. The highest BCUT2D eigenvalue weighted by molar-refractivity contribution is 7.98. The van der Waals surface area contributed by atoms with Crippen LogP contribution in [0.4, 0.5) is 0 Å². The van der Waals surface area contributed by atoms with Gasteiger partial charge in [-0.2, -0.15) is 11.8 Å². The second-order valence-corrected chi connectivity index (χ2v) is 7.92. The quantitative estimate of drug-likeness (QED) is 0.483. The summed E-state index contributed by atoms with van der Waals surface area (Å²) < 4.78 is 25.7. The van der Waals surface area contributed by atoms with Crippen LogP contribution in [0.1, 0.15) is 33.1 Å². The molecule has 0 aliphatic carbocycles. The number of hydrogen-bond acceptors (Lipinski definition) is 5. The number of aliphatic hydroxyl groups is 1. The predicted octanol–water partition coefficient (Wildman–Crippen LogP) is 0.572. The van der Waals surface area contributed by atoms with Crippen molar-refractivity contribution < 1.29 is 18.3 Å². The summed E-state index contributed by atoms with van der Waals surface area (Å²) in [4.78, 5) is 12.2. The summed E-state index contributed by atoms with van der Waals surface area (Å²) in [5.41, 5.74) is 0. The van der Waals surface area contributed by atoms with Gasteiger partial charge in [0.2, 0.25) is 15.9 Å². The normalized spacial score (nSPS) is 14.7. The molecule has 0 bridgehead atoms. The largest absolute Gasteiger partial charge is 0.396 e. The summed E-state index contributed by atoms with van der Waals surface area (Å²) >= 11 is 1.57. The maximum atomic E-state index is 12.2. The molecule has 0 saturated heterocycles. The van der Waals surface area contributed by atoms with Gasteiger partial charge in [-0.1, -0.05) is 13.3 Å². The molecule has 0 aromatic carbocycles. The number of sulfonamides is 1. The molecule has 2 unspecified atom stereocenters. The number of aliphatic hydroxyl groups excluding tert-OH is 1. The first-order chi connectivity index (χ1) is 9.90. The number of amides is 1. The van der Waals surface area contributed by atoms with Crippen LogP contribution in [0.25, 0.3) is 0 Å². The minimum absolute atomic E-state index is 0.0435. The Labute approximate surface area is 132 Å². The molecule has 0 spiro atoms. The van der Waals surface area contributed by atoms with Crippen molar-refractivity contribution in [2.24, 2.45) is 5.92 Å². The van der Waals surface area contributed by atoms with Crippen molar-refractivity contribution in [3.05, 3.63) is 0 Å². The lowest BCUT2D eigenvalue weighted by Crippen LogP contribution is -2.48. The average Bonchev–Trinajstić information content (AvgIpc) is 2.47. The van der Waals surface area contributed by atoms with Crippen LogP contribution >= 0.6 is 11.8 Å². The number of nitrogens with one attached hydrogen (secondary N) is 2. The first-order valence-electron chi connectivity index (χ1n) is 7.27. The molecule has 126 valence electrons. The molecule has 6 nitrogen and oxygen atoms in total. The van der Waals surface area contributed by atoms with E-state index in [2.05, 4.69) is 10.0 Å². The molecule has 0 fully saturated rings. The summed E-state index contributed by atoms with van der Waals surface area (Å²) in [5, 5.41) is 11.7. The zero-order valence-electron chi connectivity index (χ0n) is 13.1. The van der Waals surface area contributed by atoms with E-state index in [9.17, 15) is 13.2 Å². The lowest BCUT2D eigenvalue weighted by molar-refractivity contribution is -0.123. The van der Waals surface area contributed by atoms with Crippen LogP contribution in [0.2, 0.25) is 0 Å². The minimum Gasteiger partial charge on any atom is -0.396 e. The molecular formula is C13H28N2O4S2. The molecule has 0 aromatic heterocycles. The summed E-state index contributed by atoms with van der Waals surface area (Å²) in [5.74, 6) is 0.580. The molecule has 1 amide bonds. The number of hydrogen-bond donors (Lipinski definition) is 3. The van der Waals surface area contributed by atoms with Crippen LogP contribution in [0, 0.1) is 5.92 Å². The number of thioether (sulfide) groups is 1. The van der Waals surface area contributed by atoms with E-state index in [1.165, 1.54) is 0 Å².